The van der Waals surface area contributed by atoms with Gasteiger partial charge in [0.05, 0.1) is 13.7 Å². The van der Waals surface area contributed by atoms with Gasteiger partial charge < -0.3 is 14.6 Å². The van der Waals surface area contributed by atoms with Crippen LogP contribution in [0, 0.1) is 0 Å². The second-order valence-electron chi connectivity index (χ2n) is 6.97. The summed E-state index contributed by atoms with van der Waals surface area (Å²) in [7, 11) is 1.56. The van der Waals surface area contributed by atoms with E-state index in [2.05, 4.69) is 9.97 Å². The Bertz CT molecular complexity index is 1240. The van der Waals surface area contributed by atoms with E-state index in [1.54, 1.807) is 48.7 Å². The summed E-state index contributed by atoms with van der Waals surface area (Å²) in [5.41, 5.74) is 2.46. The molecule has 2 heterocycles. The lowest BCUT2D eigenvalue weighted by atomic mass is 10.1. The first-order valence-corrected chi connectivity index (χ1v) is 9.57. The fraction of sp³-hybridized carbons (Fsp3) is 0.125. The molecule has 0 spiro atoms. The number of amides is 1. The number of para-hydroxylation sites is 1. The Morgan fingerprint density at radius 2 is 1.90 bits per heavy atom. The molecular weight excluding hydrogens is 378 g/mol. The summed E-state index contributed by atoms with van der Waals surface area (Å²) in [5, 5.41) is 0.919. The van der Waals surface area contributed by atoms with E-state index in [4.69, 9.17) is 4.74 Å². The maximum atomic E-state index is 13.3. The van der Waals surface area contributed by atoms with E-state index in [1.165, 1.54) is 0 Å². The molecule has 0 saturated heterocycles. The van der Waals surface area contributed by atoms with Crippen LogP contribution in [0.3, 0.4) is 0 Å². The highest BCUT2D eigenvalue weighted by molar-refractivity contribution is 5.94. The van der Waals surface area contributed by atoms with Gasteiger partial charge in [-0.05, 0) is 47.3 Å². The highest BCUT2D eigenvalue weighted by Crippen LogP contribution is 2.18. The Morgan fingerprint density at radius 3 is 2.70 bits per heavy atom. The molecule has 0 aliphatic rings. The average Bonchev–Trinajstić information content (AvgIpc) is 2.79. The van der Waals surface area contributed by atoms with Crippen LogP contribution in [0.5, 0.6) is 5.75 Å². The normalized spacial score (nSPS) is 10.7. The monoisotopic (exact) mass is 399 g/mol. The number of aromatic nitrogens is 2. The minimum absolute atomic E-state index is 0.172. The lowest BCUT2D eigenvalue weighted by Crippen LogP contribution is -2.32. The molecule has 0 radical (unpaired) electrons. The lowest BCUT2D eigenvalue weighted by molar-refractivity contribution is 0.0729. The van der Waals surface area contributed by atoms with Crippen molar-refractivity contribution >= 4 is 16.8 Å². The van der Waals surface area contributed by atoms with Gasteiger partial charge in [-0.2, -0.15) is 0 Å². The summed E-state index contributed by atoms with van der Waals surface area (Å²) in [6.07, 6.45) is 3.41. The third kappa shape index (κ3) is 4.22. The molecule has 6 nitrogen and oxygen atoms in total. The molecule has 0 bridgehead atoms. The number of nitrogens with one attached hydrogen (secondary N) is 1. The first kappa shape index (κ1) is 19.4. The Morgan fingerprint density at radius 1 is 1.03 bits per heavy atom. The number of carbonyl (C=O) groups is 1. The van der Waals surface area contributed by atoms with Crippen molar-refractivity contribution < 1.29 is 9.53 Å². The summed E-state index contributed by atoms with van der Waals surface area (Å²) < 4.78 is 5.25. The number of rotatable bonds is 6. The van der Waals surface area contributed by atoms with Crippen molar-refractivity contribution in [1.82, 2.24) is 14.9 Å². The number of pyridine rings is 2. The summed E-state index contributed by atoms with van der Waals surface area (Å²) in [6.45, 7) is 0.501. The quantitative estimate of drug-likeness (QED) is 0.535. The third-order valence-electron chi connectivity index (χ3n) is 4.89. The highest BCUT2D eigenvalue weighted by Gasteiger charge is 2.19. The molecule has 4 rings (SSSR count). The van der Waals surface area contributed by atoms with Crippen LogP contribution in [0.1, 0.15) is 21.5 Å². The van der Waals surface area contributed by atoms with Gasteiger partial charge in [0.1, 0.15) is 5.75 Å². The Labute approximate surface area is 173 Å². The van der Waals surface area contributed by atoms with E-state index in [0.29, 0.717) is 23.4 Å². The van der Waals surface area contributed by atoms with E-state index < -0.39 is 0 Å². The number of carbonyl (C=O) groups excluding carboxylic acids is 1. The van der Waals surface area contributed by atoms with Gasteiger partial charge in [-0.1, -0.05) is 30.3 Å². The molecule has 0 aliphatic heterocycles. The van der Waals surface area contributed by atoms with E-state index in [-0.39, 0.29) is 18.0 Å². The van der Waals surface area contributed by atoms with Crippen molar-refractivity contribution in [2.75, 3.05) is 7.11 Å². The molecule has 0 unspecified atom stereocenters. The van der Waals surface area contributed by atoms with E-state index >= 15 is 0 Å². The van der Waals surface area contributed by atoms with Crippen molar-refractivity contribution in [1.29, 1.82) is 0 Å². The molecule has 2 aromatic heterocycles. The molecular formula is C24H21N3O3. The molecule has 1 N–H and O–H groups in total. The number of H-pyrrole nitrogens is 1. The van der Waals surface area contributed by atoms with Crippen LogP contribution >= 0.6 is 0 Å². The van der Waals surface area contributed by atoms with Crippen LogP contribution in [0.25, 0.3) is 10.9 Å². The van der Waals surface area contributed by atoms with Crippen LogP contribution < -0.4 is 10.3 Å². The number of hydrogen-bond donors (Lipinski definition) is 1. The molecule has 0 aliphatic carbocycles. The lowest BCUT2D eigenvalue weighted by Gasteiger charge is -2.23. The van der Waals surface area contributed by atoms with E-state index in [0.717, 1.165) is 16.5 Å². The van der Waals surface area contributed by atoms with E-state index in [1.807, 2.05) is 42.5 Å². The summed E-state index contributed by atoms with van der Waals surface area (Å²) in [5.74, 6) is 0.413. The third-order valence-corrected chi connectivity index (χ3v) is 4.89. The van der Waals surface area contributed by atoms with Crippen molar-refractivity contribution in [2.24, 2.45) is 0 Å². The smallest absolute Gasteiger partial charge is 0.254 e. The van der Waals surface area contributed by atoms with Gasteiger partial charge in [-0.3, -0.25) is 14.6 Å². The number of benzene rings is 2. The fourth-order valence-corrected chi connectivity index (χ4v) is 3.37. The van der Waals surface area contributed by atoms with E-state index in [9.17, 15) is 9.59 Å². The van der Waals surface area contributed by atoms with Crippen LogP contribution in [-0.2, 0) is 13.1 Å². The van der Waals surface area contributed by atoms with Gasteiger partial charge in [0.25, 0.3) is 11.5 Å². The van der Waals surface area contributed by atoms with Crippen LogP contribution in [0.4, 0.5) is 0 Å². The van der Waals surface area contributed by atoms with Crippen molar-refractivity contribution in [3.8, 4) is 5.75 Å². The number of ether oxygens (including phenoxy) is 1. The second kappa shape index (κ2) is 8.61. The standard InChI is InChI=1S/C24H21N3O3/c1-30-21-9-4-8-19(13-21)24(29)27(15-17-6-5-11-25-14-17)16-20-12-18-7-2-3-10-22(18)26-23(20)28/h2-14H,15-16H2,1H3,(H,26,28). The first-order chi connectivity index (χ1) is 14.6. The summed E-state index contributed by atoms with van der Waals surface area (Å²) >= 11 is 0. The average molecular weight is 399 g/mol. The zero-order valence-electron chi connectivity index (χ0n) is 16.5. The first-order valence-electron chi connectivity index (χ1n) is 9.57. The van der Waals surface area contributed by atoms with Crippen LogP contribution in [0.2, 0.25) is 0 Å². The predicted octanol–water partition coefficient (Wildman–Crippen LogP) is 3.77. The summed E-state index contributed by atoms with van der Waals surface area (Å²) in [4.78, 5) is 34.7. The maximum absolute atomic E-state index is 13.3. The zero-order chi connectivity index (χ0) is 20.9. The van der Waals surface area contributed by atoms with Gasteiger partial charge in [-0.15, -0.1) is 0 Å². The van der Waals surface area contributed by atoms with Gasteiger partial charge >= 0.3 is 0 Å². The molecule has 0 saturated carbocycles. The molecule has 1 amide bonds. The molecule has 0 atom stereocenters. The predicted molar refractivity (Wildman–Crippen MR) is 115 cm³/mol. The molecule has 4 aromatic rings. The van der Waals surface area contributed by atoms with Crippen LogP contribution in [0.15, 0.2) is 83.9 Å². The number of aromatic amines is 1. The highest BCUT2D eigenvalue weighted by atomic mass is 16.5. The van der Waals surface area contributed by atoms with Gasteiger partial charge in [-0.25, -0.2) is 0 Å². The van der Waals surface area contributed by atoms with Gasteiger partial charge in [0, 0.05) is 35.6 Å². The molecule has 6 heteroatoms. The zero-order valence-corrected chi connectivity index (χ0v) is 16.5. The Kier molecular flexibility index (Phi) is 5.57. The maximum Gasteiger partial charge on any atom is 0.254 e. The molecule has 2 aromatic carbocycles. The second-order valence-corrected chi connectivity index (χ2v) is 6.97. The fourth-order valence-electron chi connectivity index (χ4n) is 3.37. The number of fused-ring (bicyclic) bond motifs is 1. The number of hydrogen-bond acceptors (Lipinski definition) is 4. The van der Waals surface area contributed by atoms with Gasteiger partial charge in [0.15, 0.2) is 0 Å². The number of nitrogens with zero attached hydrogens (tertiary/aromatic N) is 2. The minimum atomic E-state index is -0.205. The minimum Gasteiger partial charge on any atom is -0.497 e. The number of methoxy groups -OCH3 is 1. The van der Waals surface area contributed by atoms with Gasteiger partial charge in [0.2, 0.25) is 0 Å². The van der Waals surface area contributed by atoms with Crippen molar-refractivity contribution in [2.45, 2.75) is 13.1 Å². The van der Waals surface area contributed by atoms with Crippen molar-refractivity contribution in [3.05, 3.63) is 106 Å². The largest absolute Gasteiger partial charge is 0.497 e. The molecule has 0 fully saturated rings. The molecule has 150 valence electrons. The summed E-state index contributed by atoms with van der Waals surface area (Å²) in [6, 6.07) is 20.2. The van der Waals surface area contributed by atoms with Crippen LogP contribution in [-0.4, -0.2) is 27.9 Å². The SMILES string of the molecule is COc1cccc(C(=O)N(Cc2cccnc2)Cc2cc3ccccc3[nH]c2=O)c1. The Balaban J connectivity index is 1.71. The topological polar surface area (TPSA) is 75.3 Å². The van der Waals surface area contributed by atoms with Crippen molar-refractivity contribution in [3.63, 3.8) is 0 Å². The molecule has 30 heavy (non-hydrogen) atoms. The Hall–Kier alpha value is -3.93.